The fraction of sp³-hybridized carbons (Fsp3) is 0.312. The molecule has 1 fully saturated rings. The fourth-order valence-electron chi connectivity index (χ4n) is 2.66. The predicted octanol–water partition coefficient (Wildman–Crippen LogP) is 3.08. The van der Waals surface area contributed by atoms with E-state index in [1.54, 1.807) is 24.4 Å². The molecule has 0 unspecified atom stereocenters. The summed E-state index contributed by atoms with van der Waals surface area (Å²) < 4.78 is 5.52. The molecule has 1 aromatic heterocycles. The quantitative estimate of drug-likeness (QED) is 0.783. The van der Waals surface area contributed by atoms with Crippen molar-refractivity contribution < 1.29 is 9.53 Å². The highest BCUT2D eigenvalue weighted by atomic mass is 16.5. The van der Waals surface area contributed by atoms with Crippen LogP contribution in [0.15, 0.2) is 36.5 Å². The molecule has 1 aromatic carbocycles. The van der Waals surface area contributed by atoms with Gasteiger partial charge in [0.05, 0.1) is 17.1 Å². The molecule has 0 N–H and O–H groups in total. The number of carbonyl (C=O) groups is 1. The van der Waals surface area contributed by atoms with Crippen LogP contribution >= 0.6 is 0 Å². The minimum absolute atomic E-state index is 0.0157. The molecule has 4 heteroatoms. The molecule has 1 saturated carbocycles. The molecule has 2 aromatic rings. The van der Waals surface area contributed by atoms with Crippen LogP contribution in [-0.2, 0) is 4.74 Å². The zero-order chi connectivity index (χ0) is 13.9. The van der Waals surface area contributed by atoms with Crippen molar-refractivity contribution in [3.05, 3.63) is 42.1 Å². The Balaban J connectivity index is 1.81. The Morgan fingerprint density at radius 2 is 2.20 bits per heavy atom. The lowest BCUT2D eigenvalue weighted by molar-refractivity contribution is 0.0315. The first-order valence-electron chi connectivity index (χ1n) is 6.72. The SMILES string of the molecule is N#C[C@H]1CC[C@H](OC(=O)c2cccc3ncccc23)C1. The van der Waals surface area contributed by atoms with Gasteiger partial charge in [0.2, 0.25) is 0 Å². The van der Waals surface area contributed by atoms with Gasteiger partial charge in [0, 0.05) is 23.9 Å². The molecule has 20 heavy (non-hydrogen) atoms. The van der Waals surface area contributed by atoms with E-state index in [1.165, 1.54) is 0 Å². The normalized spacial score (nSPS) is 21.6. The molecule has 3 rings (SSSR count). The Morgan fingerprint density at radius 1 is 1.30 bits per heavy atom. The molecule has 0 spiro atoms. The number of rotatable bonds is 2. The largest absolute Gasteiger partial charge is 0.459 e. The van der Waals surface area contributed by atoms with Gasteiger partial charge in [0.1, 0.15) is 6.10 Å². The van der Waals surface area contributed by atoms with E-state index in [-0.39, 0.29) is 18.0 Å². The highest BCUT2D eigenvalue weighted by Crippen LogP contribution is 2.28. The van der Waals surface area contributed by atoms with Crippen molar-refractivity contribution in [1.29, 1.82) is 5.26 Å². The van der Waals surface area contributed by atoms with Crippen molar-refractivity contribution in [1.82, 2.24) is 4.98 Å². The number of carbonyl (C=O) groups excluding carboxylic acids is 1. The first-order chi connectivity index (χ1) is 9.78. The summed E-state index contributed by atoms with van der Waals surface area (Å²) in [4.78, 5) is 16.5. The van der Waals surface area contributed by atoms with E-state index < -0.39 is 0 Å². The lowest BCUT2D eigenvalue weighted by Gasteiger charge is -2.12. The van der Waals surface area contributed by atoms with Gasteiger partial charge in [-0.15, -0.1) is 0 Å². The van der Waals surface area contributed by atoms with Gasteiger partial charge < -0.3 is 4.74 Å². The molecule has 1 aliphatic rings. The predicted molar refractivity (Wildman–Crippen MR) is 73.9 cm³/mol. The van der Waals surface area contributed by atoms with Crippen LogP contribution in [0, 0.1) is 17.2 Å². The molecule has 4 nitrogen and oxygen atoms in total. The molecule has 100 valence electrons. The first kappa shape index (κ1) is 12.6. The molecule has 1 aliphatic carbocycles. The standard InChI is InChI=1S/C16H14N2O2/c17-10-11-6-7-12(9-11)20-16(19)14-3-1-5-15-13(14)4-2-8-18-15/h1-5,8,11-12H,6-7,9H2/t11-,12-/m0/s1. The molecule has 2 atom stereocenters. The number of esters is 1. The lowest BCUT2D eigenvalue weighted by Crippen LogP contribution is -2.15. The van der Waals surface area contributed by atoms with E-state index in [1.807, 2.05) is 12.1 Å². The Hall–Kier alpha value is -2.41. The minimum atomic E-state index is -0.327. The van der Waals surface area contributed by atoms with Gasteiger partial charge in [-0.25, -0.2) is 4.79 Å². The number of ether oxygens (including phenoxy) is 1. The van der Waals surface area contributed by atoms with Crippen LogP contribution in [0.2, 0.25) is 0 Å². The third-order valence-electron chi connectivity index (χ3n) is 3.71. The zero-order valence-corrected chi connectivity index (χ0v) is 11.0. The molecule has 0 amide bonds. The summed E-state index contributed by atoms with van der Waals surface area (Å²) in [7, 11) is 0. The maximum Gasteiger partial charge on any atom is 0.339 e. The summed E-state index contributed by atoms with van der Waals surface area (Å²) in [6.07, 6.45) is 3.79. The average molecular weight is 266 g/mol. The van der Waals surface area contributed by atoms with E-state index in [0.29, 0.717) is 12.0 Å². The number of nitriles is 1. The van der Waals surface area contributed by atoms with Crippen molar-refractivity contribution in [2.75, 3.05) is 0 Å². The number of hydrogen-bond acceptors (Lipinski definition) is 4. The van der Waals surface area contributed by atoms with Crippen LogP contribution in [0.3, 0.4) is 0 Å². The van der Waals surface area contributed by atoms with Gasteiger partial charge >= 0.3 is 5.97 Å². The Bertz CT molecular complexity index is 685. The highest BCUT2D eigenvalue weighted by molar-refractivity contribution is 6.03. The summed E-state index contributed by atoms with van der Waals surface area (Å²) in [6, 6.07) is 11.3. The van der Waals surface area contributed by atoms with Crippen molar-refractivity contribution in [3.63, 3.8) is 0 Å². The lowest BCUT2D eigenvalue weighted by atomic mass is 10.1. The van der Waals surface area contributed by atoms with Crippen molar-refractivity contribution in [2.45, 2.75) is 25.4 Å². The number of pyridine rings is 1. The molecule has 0 bridgehead atoms. The van der Waals surface area contributed by atoms with Gasteiger partial charge in [-0.2, -0.15) is 5.26 Å². The third kappa shape index (κ3) is 2.35. The average Bonchev–Trinajstić information content (AvgIpc) is 2.94. The first-order valence-corrected chi connectivity index (χ1v) is 6.72. The molecule has 1 heterocycles. The van der Waals surface area contributed by atoms with E-state index in [4.69, 9.17) is 10.00 Å². The Kier molecular flexibility index (Phi) is 3.34. The topological polar surface area (TPSA) is 63.0 Å². The number of benzene rings is 1. The second kappa shape index (κ2) is 5.30. The van der Waals surface area contributed by atoms with E-state index in [2.05, 4.69) is 11.1 Å². The maximum absolute atomic E-state index is 12.3. The van der Waals surface area contributed by atoms with E-state index in [0.717, 1.165) is 23.7 Å². The smallest absolute Gasteiger partial charge is 0.339 e. The Labute approximate surface area is 117 Å². The number of nitrogens with zero attached hydrogens (tertiary/aromatic N) is 2. The molecular weight excluding hydrogens is 252 g/mol. The summed E-state index contributed by atoms with van der Waals surface area (Å²) in [5.74, 6) is -0.311. The van der Waals surface area contributed by atoms with Gasteiger partial charge in [-0.05, 0) is 31.0 Å². The van der Waals surface area contributed by atoms with Crippen LogP contribution in [0.4, 0.5) is 0 Å². The van der Waals surface area contributed by atoms with Crippen LogP contribution in [0.25, 0.3) is 10.9 Å². The second-order valence-electron chi connectivity index (χ2n) is 5.04. The maximum atomic E-state index is 12.3. The van der Waals surface area contributed by atoms with Crippen molar-refractivity contribution in [3.8, 4) is 6.07 Å². The fourth-order valence-corrected chi connectivity index (χ4v) is 2.66. The van der Waals surface area contributed by atoms with Gasteiger partial charge in [-0.3, -0.25) is 4.98 Å². The summed E-state index contributed by atoms with van der Waals surface area (Å²) >= 11 is 0. The second-order valence-corrected chi connectivity index (χ2v) is 5.04. The van der Waals surface area contributed by atoms with Crippen LogP contribution < -0.4 is 0 Å². The molecular formula is C16H14N2O2. The summed E-state index contributed by atoms with van der Waals surface area (Å²) in [5.41, 5.74) is 1.32. The molecule has 0 radical (unpaired) electrons. The molecule has 0 aliphatic heterocycles. The highest BCUT2D eigenvalue weighted by Gasteiger charge is 2.28. The number of aromatic nitrogens is 1. The minimum Gasteiger partial charge on any atom is -0.459 e. The van der Waals surface area contributed by atoms with Crippen LogP contribution in [0.5, 0.6) is 0 Å². The van der Waals surface area contributed by atoms with Crippen LogP contribution in [-0.4, -0.2) is 17.1 Å². The van der Waals surface area contributed by atoms with Crippen molar-refractivity contribution >= 4 is 16.9 Å². The van der Waals surface area contributed by atoms with Gasteiger partial charge in [-0.1, -0.05) is 12.1 Å². The van der Waals surface area contributed by atoms with Crippen molar-refractivity contribution in [2.24, 2.45) is 5.92 Å². The van der Waals surface area contributed by atoms with Gasteiger partial charge in [0.15, 0.2) is 0 Å². The molecule has 0 saturated heterocycles. The number of fused-ring (bicyclic) bond motifs is 1. The van der Waals surface area contributed by atoms with Crippen LogP contribution in [0.1, 0.15) is 29.6 Å². The summed E-state index contributed by atoms with van der Waals surface area (Å²) in [6.45, 7) is 0. The van der Waals surface area contributed by atoms with E-state index >= 15 is 0 Å². The number of hydrogen-bond donors (Lipinski definition) is 0. The summed E-state index contributed by atoms with van der Waals surface area (Å²) in [5, 5.41) is 9.68. The van der Waals surface area contributed by atoms with Gasteiger partial charge in [0.25, 0.3) is 0 Å². The monoisotopic (exact) mass is 266 g/mol. The third-order valence-corrected chi connectivity index (χ3v) is 3.71. The van der Waals surface area contributed by atoms with E-state index in [9.17, 15) is 4.79 Å². The zero-order valence-electron chi connectivity index (χ0n) is 11.0. The Morgan fingerprint density at radius 3 is 3.00 bits per heavy atom.